The van der Waals surface area contributed by atoms with E-state index in [0.717, 1.165) is 22.0 Å². The zero-order chi connectivity index (χ0) is 16.1. The molecule has 1 amide bonds. The number of rotatable bonds is 5. The van der Waals surface area contributed by atoms with E-state index in [4.69, 9.17) is 0 Å². The Morgan fingerprint density at radius 3 is 2.83 bits per heavy atom. The SMILES string of the molecule is Cc1nc(C=CC(=O)NCc2ccc(-n3ccnc3)cc2)cs1. The molecule has 3 aromatic rings. The number of carbonyl (C=O) groups is 1. The number of carbonyl (C=O) groups excluding carboxylic acids is 1. The van der Waals surface area contributed by atoms with Crippen LogP contribution in [0.4, 0.5) is 0 Å². The van der Waals surface area contributed by atoms with Gasteiger partial charge >= 0.3 is 0 Å². The van der Waals surface area contributed by atoms with E-state index in [1.54, 1.807) is 29.9 Å². The van der Waals surface area contributed by atoms with Crippen LogP contribution in [0.15, 0.2) is 54.4 Å². The Labute approximate surface area is 138 Å². The van der Waals surface area contributed by atoms with Gasteiger partial charge in [-0.1, -0.05) is 12.1 Å². The molecule has 116 valence electrons. The number of thiazole rings is 1. The smallest absolute Gasteiger partial charge is 0.244 e. The third-order valence-corrected chi connectivity index (χ3v) is 4.04. The summed E-state index contributed by atoms with van der Waals surface area (Å²) in [4.78, 5) is 20.1. The lowest BCUT2D eigenvalue weighted by Crippen LogP contribution is -2.20. The minimum absolute atomic E-state index is 0.130. The molecule has 0 fully saturated rings. The molecule has 5 nitrogen and oxygen atoms in total. The predicted octanol–water partition coefficient (Wildman–Crippen LogP) is 2.97. The second-order valence-corrected chi connectivity index (χ2v) is 6.04. The fourth-order valence-electron chi connectivity index (χ4n) is 2.06. The van der Waals surface area contributed by atoms with Crippen LogP contribution in [0.25, 0.3) is 11.8 Å². The lowest BCUT2D eigenvalue weighted by molar-refractivity contribution is -0.116. The summed E-state index contributed by atoms with van der Waals surface area (Å²) in [7, 11) is 0. The summed E-state index contributed by atoms with van der Waals surface area (Å²) in [6.07, 6.45) is 8.61. The lowest BCUT2D eigenvalue weighted by atomic mass is 10.2. The molecule has 0 unspecified atom stereocenters. The molecule has 0 spiro atoms. The van der Waals surface area contributed by atoms with Gasteiger partial charge in [0.05, 0.1) is 17.0 Å². The van der Waals surface area contributed by atoms with Crippen LogP contribution in [0, 0.1) is 6.92 Å². The van der Waals surface area contributed by atoms with Crippen molar-refractivity contribution in [3.8, 4) is 5.69 Å². The van der Waals surface area contributed by atoms with Crippen LogP contribution in [0.2, 0.25) is 0 Å². The largest absolute Gasteiger partial charge is 0.348 e. The standard InChI is InChI=1S/C17H16N4OS/c1-13-20-15(11-23-13)4-7-17(22)19-10-14-2-5-16(6-3-14)21-9-8-18-12-21/h2-9,11-12H,10H2,1H3,(H,19,22). The summed E-state index contributed by atoms with van der Waals surface area (Å²) < 4.78 is 1.93. The molecule has 0 radical (unpaired) electrons. The highest BCUT2D eigenvalue weighted by Gasteiger charge is 2.00. The van der Waals surface area contributed by atoms with Crippen LogP contribution in [0.1, 0.15) is 16.3 Å². The number of hydrogen-bond donors (Lipinski definition) is 1. The summed E-state index contributed by atoms with van der Waals surface area (Å²) in [5.74, 6) is -0.130. The minimum atomic E-state index is -0.130. The van der Waals surface area contributed by atoms with E-state index in [-0.39, 0.29) is 5.91 Å². The van der Waals surface area contributed by atoms with Crippen molar-refractivity contribution in [2.24, 2.45) is 0 Å². The monoisotopic (exact) mass is 324 g/mol. The molecule has 2 aromatic heterocycles. The van der Waals surface area contributed by atoms with Crippen molar-refractivity contribution in [3.63, 3.8) is 0 Å². The number of amides is 1. The number of aryl methyl sites for hydroxylation is 1. The first-order valence-corrected chi connectivity index (χ1v) is 8.04. The van der Waals surface area contributed by atoms with Crippen LogP contribution < -0.4 is 5.32 Å². The number of benzene rings is 1. The summed E-state index contributed by atoms with van der Waals surface area (Å²) in [5.41, 5.74) is 2.89. The third kappa shape index (κ3) is 4.14. The van der Waals surface area contributed by atoms with E-state index in [2.05, 4.69) is 15.3 Å². The van der Waals surface area contributed by atoms with E-state index in [0.29, 0.717) is 6.54 Å². The van der Waals surface area contributed by atoms with Crippen molar-refractivity contribution in [2.75, 3.05) is 0 Å². The normalized spacial score (nSPS) is 11.0. The Bertz CT molecular complexity index is 804. The van der Waals surface area contributed by atoms with Gasteiger partial charge in [-0.2, -0.15) is 0 Å². The Hall–Kier alpha value is -2.73. The van der Waals surface area contributed by atoms with Gasteiger partial charge in [0.2, 0.25) is 5.91 Å². The summed E-state index contributed by atoms with van der Waals surface area (Å²) in [6, 6.07) is 7.97. The number of aromatic nitrogens is 3. The van der Waals surface area contributed by atoms with E-state index in [1.165, 1.54) is 6.08 Å². The number of hydrogen-bond acceptors (Lipinski definition) is 4. The van der Waals surface area contributed by atoms with Gasteiger partial charge in [-0.15, -0.1) is 11.3 Å². The van der Waals surface area contributed by atoms with Crippen molar-refractivity contribution in [1.82, 2.24) is 19.9 Å². The van der Waals surface area contributed by atoms with Gasteiger partial charge in [-0.3, -0.25) is 4.79 Å². The maximum atomic E-state index is 11.8. The molecular formula is C17H16N4OS. The van der Waals surface area contributed by atoms with Crippen molar-refractivity contribution in [3.05, 3.63) is 70.7 Å². The highest BCUT2D eigenvalue weighted by Crippen LogP contribution is 2.10. The fourth-order valence-corrected chi connectivity index (χ4v) is 2.64. The topological polar surface area (TPSA) is 59.8 Å². The molecule has 0 aliphatic rings. The molecule has 0 atom stereocenters. The van der Waals surface area contributed by atoms with Gasteiger partial charge in [0.1, 0.15) is 0 Å². The Balaban J connectivity index is 1.53. The highest BCUT2D eigenvalue weighted by atomic mass is 32.1. The van der Waals surface area contributed by atoms with Gasteiger partial charge in [0, 0.05) is 36.1 Å². The predicted molar refractivity (Wildman–Crippen MR) is 91.3 cm³/mol. The van der Waals surface area contributed by atoms with Crippen LogP contribution in [-0.2, 0) is 11.3 Å². The molecule has 0 aliphatic heterocycles. The second-order valence-electron chi connectivity index (χ2n) is 4.98. The quantitative estimate of drug-likeness (QED) is 0.734. The molecule has 23 heavy (non-hydrogen) atoms. The van der Waals surface area contributed by atoms with Gasteiger partial charge in [-0.25, -0.2) is 9.97 Å². The molecule has 2 heterocycles. The number of nitrogens with one attached hydrogen (secondary N) is 1. The Kier molecular flexibility index (Phi) is 4.63. The average Bonchev–Trinajstić information content (AvgIpc) is 3.23. The van der Waals surface area contributed by atoms with Crippen molar-refractivity contribution >= 4 is 23.3 Å². The first-order chi connectivity index (χ1) is 11.2. The van der Waals surface area contributed by atoms with Crippen LogP contribution >= 0.6 is 11.3 Å². The van der Waals surface area contributed by atoms with E-state index in [1.807, 2.05) is 47.3 Å². The molecule has 1 N–H and O–H groups in total. The third-order valence-electron chi connectivity index (χ3n) is 3.25. The fraction of sp³-hybridized carbons (Fsp3) is 0.118. The number of nitrogens with zero attached hydrogens (tertiary/aromatic N) is 3. The average molecular weight is 324 g/mol. The highest BCUT2D eigenvalue weighted by molar-refractivity contribution is 7.09. The first-order valence-electron chi connectivity index (χ1n) is 7.16. The Morgan fingerprint density at radius 1 is 1.35 bits per heavy atom. The van der Waals surface area contributed by atoms with Crippen molar-refractivity contribution < 1.29 is 4.79 Å². The molecule has 3 rings (SSSR count). The summed E-state index contributed by atoms with van der Waals surface area (Å²) >= 11 is 1.57. The van der Waals surface area contributed by atoms with Gasteiger partial charge in [-0.05, 0) is 30.7 Å². The van der Waals surface area contributed by atoms with Crippen LogP contribution in [-0.4, -0.2) is 20.4 Å². The molecule has 0 saturated carbocycles. The lowest BCUT2D eigenvalue weighted by Gasteiger charge is -2.05. The molecular weight excluding hydrogens is 308 g/mol. The van der Waals surface area contributed by atoms with E-state index >= 15 is 0 Å². The van der Waals surface area contributed by atoms with Crippen molar-refractivity contribution in [2.45, 2.75) is 13.5 Å². The first kappa shape index (κ1) is 15.2. The molecule has 6 heteroatoms. The van der Waals surface area contributed by atoms with Crippen LogP contribution in [0.3, 0.4) is 0 Å². The number of imidazole rings is 1. The molecule has 1 aromatic carbocycles. The van der Waals surface area contributed by atoms with Crippen molar-refractivity contribution in [1.29, 1.82) is 0 Å². The summed E-state index contributed by atoms with van der Waals surface area (Å²) in [5, 5.41) is 5.77. The second kappa shape index (κ2) is 7.02. The molecule has 0 aliphatic carbocycles. The minimum Gasteiger partial charge on any atom is -0.348 e. The maximum Gasteiger partial charge on any atom is 0.244 e. The van der Waals surface area contributed by atoms with Crippen LogP contribution in [0.5, 0.6) is 0 Å². The zero-order valence-corrected chi connectivity index (χ0v) is 13.5. The van der Waals surface area contributed by atoms with E-state index in [9.17, 15) is 4.79 Å². The zero-order valence-electron chi connectivity index (χ0n) is 12.6. The van der Waals surface area contributed by atoms with E-state index < -0.39 is 0 Å². The summed E-state index contributed by atoms with van der Waals surface area (Å²) in [6.45, 7) is 2.43. The van der Waals surface area contributed by atoms with Gasteiger partial charge in [0.25, 0.3) is 0 Å². The Morgan fingerprint density at radius 2 is 2.17 bits per heavy atom. The molecule has 0 saturated heterocycles. The molecule has 0 bridgehead atoms. The van der Waals surface area contributed by atoms with Gasteiger partial charge in [0.15, 0.2) is 0 Å². The van der Waals surface area contributed by atoms with Gasteiger partial charge < -0.3 is 9.88 Å². The maximum absolute atomic E-state index is 11.8.